The van der Waals surface area contributed by atoms with Crippen molar-refractivity contribution in [3.63, 3.8) is 0 Å². The highest BCUT2D eigenvalue weighted by molar-refractivity contribution is 7.24. The van der Waals surface area contributed by atoms with Crippen molar-refractivity contribution >= 4 is 25.4 Å². The largest absolute Gasteiger partial charge is 0.382 e. The third-order valence-corrected chi connectivity index (χ3v) is 4.41. The summed E-state index contributed by atoms with van der Waals surface area (Å²) in [6.45, 7) is 0. The summed E-state index contributed by atoms with van der Waals surface area (Å²) in [5, 5.41) is 0. The topological polar surface area (TPSA) is 86.7 Å². The molecule has 0 saturated heterocycles. The number of nitrogen functional groups attached to an aromatic ring is 1. The van der Waals surface area contributed by atoms with E-state index in [2.05, 4.69) is 15.0 Å². The maximum atomic E-state index is 11.0. The van der Waals surface area contributed by atoms with Crippen LogP contribution in [0.5, 0.6) is 0 Å². The second-order valence-electron chi connectivity index (χ2n) is 4.45. The van der Waals surface area contributed by atoms with Crippen molar-refractivity contribution in [3.05, 3.63) is 12.7 Å². The zero-order valence-corrected chi connectivity index (χ0v) is 10.4. The normalized spacial score (nSPS) is 25.2. The minimum atomic E-state index is -0.673. The number of anilines is 1. The van der Waals surface area contributed by atoms with Gasteiger partial charge in [-0.2, -0.15) is 0 Å². The van der Waals surface area contributed by atoms with E-state index in [9.17, 15) is 4.57 Å². The molecule has 1 saturated carbocycles. The number of hydrogen-bond donors (Lipinski definition) is 1. The first kappa shape index (κ1) is 10.7. The summed E-state index contributed by atoms with van der Waals surface area (Å²) in [5.41, 5.74) is 7.56. The second kappa shape index (κ2) is 4.11. The molecular weight excluding hydrogens is 237 g/mol. The van der Waals surface area contributed by atoms with Crippen molar-refractivity contribution in [1.82, 2.24) is 19.5 Å². The molecule has 7 heteroatoms. The maximum Gasteiger partial charge on any atom is 0.165 e. The summed E-state index contributed by atoms with van der Waals surface area (Å²) in [6, 6.07) is 0.348. The van der Waals surface area contributed by atoms with Gasteiger partial charge >= 0.3 is 0 Å². The number of imidazole rings is 1. The first-order chi connectivity index (χ1) is 8.29. The zero-order chi connectivity index (χ0) is 11.8. The first-order valence-electron chi connectivity index (χ1n) is 5.68. The Morgan fingerprint density at radius 1 is 1.35 bits per heavy atom. The molecule has 2 aromatic rings. The van der Waals surface area contributed by atoms with Crippen molar-refractivity contribution in [3.8, 4) is 0 Å². The maximum absolute atomic E-state index is 11.0. The van der Waals surface area contributed by atoms with Gasteiger partial charge in [0.2, 0.25) is 0 Å². The molecule has 0 aliphatic heterocycles. The fourth-order valence-corrected chi connectivity index (χ4v) is 3.26. The van der Waals surface area contributed by atoms with Gasteiger partial charge in [-0.25, -0.2) is 15.0 Å². The van der Waals surface area contributed by atoms with Crippen LogP contribution in [-0.2, 0) is 4.57 Å². The molecule has 2 N–H and O–H groups in total. The summed E-state index contributed by atoms with van der Waals surface area (Å²) < 4.78 is 13.0. The van der Waals surface area contributed by atoms with Crippen LogP contribution in [0.4, 0.5) is 5.82 Å². The number of nitrogens with zero attached hydrogens (tertiary/aromatic N) is 4. The lowest BCUT2D eigenvalue weighted by Crippen LogP contribution is -2.05. The summed E-state index contributed by atoms with van der Waals surface area (Å²) in [7, 11) is -0.673. The number of hydrogen-bond acceptors (Lipinski definition) is 5. The van der Waals surface area contributed by atoms with Gasteiger partial charge in [0, 0.05) is 11.7 Å². The molecule has 0 bridgehead atoms. The van der Waals surface area contributed by atoms with Gasteiger partial charge in [-0.05, 0) is 19.3 Å². The van der Waals surface area contributed by atoms with Crippen LogP contribution < -0.4 is 5.73 Å². The summed E-state index contributed by atoms with van der Waals surface area (Å²) in [6.07, 6.45) is 6.25. The Balaban J connectivity index is 2.01. The Labute approximate surface area is 99.5 Å². The van der Waals surface area contributed by atoms with Crippen molar-refractivity contribution < 1.29 is 4.57 Å². The van der Waals surface area contributed by atoms with Gasteiger partial charge in [0.15, 0.2) is 11.5 Å². The van der Waals surface area contributed by atoms with Crippen LogP contribution in [0.1, 0.15) is 25.3 Å². The van der Waals surface area contributed by atoms with Crippen LogP contribution >= 0.6 is 8.46 Å². The predicted molar refractivity (Wildman–Crippen MR) is 66.8 cm³/mol. The van der Waals surface area contributed by atoms with Crippen molar-refractivity contribution in [1.29, 1.82) is 0 Å². The first-order valence-corrected chi connectivity index (χ1v) is 6.81. The molecule has 2 aromatic heterocycles. The Morgan fingerprint density at radius 2 is 2.24 bits per heavy atom. The van der Waals surface area contributed by atoms with Crippen LogP contribution in [0, 0.1) is 0 Å². The SMILES string of the molecule is Nc1ncnc2c1ncn2C1CCC([PH2]=O)C1. The smallest absolute Gasteiger partial charge is 0.165 e. The number of rotatable bonds is 2. The minimum Gasteiger partial charge on any atom is -0.382 e. The van der Waals surface area contributed by atoms with Crippen LogP contribution in [0.2, 0.25) is 0 Å². The molecule has 1 aliphatic carbocycles. The Bertz CT molecular complexity index is 569. The monoisotopic (exact) mass is 251 g/mol. The molecule has 3 atom stereocenters. The van der Waals surface area contributed by atoms with Gasteiger partial charge in [-0.1, -0.05) is 0 Å². The van der Waals surface area contributed by atoms with E-state index in [1.54, 1.807) is 6.33 Å². The standard InChI is InChI=1S/C10H14N5OP/c11-9-8-10(13-4-12-9)15(5-14-8)6-1-2-7(3-6)17-16/h4-7H,1-3,17H2,(H2,11,12,13). The molecule has 17 heavy (non-hydrogen) atoms. The zero-order valence-electron chi connectivity index (χ0n) is 9.28. The van der Waals surface area contributed by atoms with Crippen LogP contribution in [-0.4, -0.2) is 25.2 Å². The third kappa shape index (κ3) is 1.72. The summed E-state index contributed by atoms with van der Waals surface area (Å²) in [4.78, 5) is 12.4. The van der Waals surface area contributed by atoms with Gasteiger partial charge in [-0.15, -0.1) is 0 Å². The van der Waals surface area contributed by atoms with E-state index in [0.29, 0.717) is 23.0 Å². The minimum absolute atomic E-state index is 0.348. The van der Waals surface area contributed by atoms with Crippen molar-refractivity contribution in [2.75, 3.05) is 5.73 Å². The van der Waals surface area contributed by atoms with E-state index in [0.717, 1.165) is 24.9 Å². The van der Waals surface area contributed by atoms with Gasteiger partial charge in [0.25, 0.3) is 0 Å². The highest BCUT2D eigenvalue weighted by atomic mass is 31.1. The lowest BCUT2D eigenvalue weighted by Gasteiger charge is -2.11. The highest BCUT2D eigenvalue weighted by Crippen LogP contribution is 2.37. The van der Waals surface area contributed by atoms with E-state index in [-0.39, 0.29) is 0 Å². The molecule has 6 nitrogen and oxygen atoms in total. The average Bonchev–Trinajstić information content (AvgIpc) is 2.94. The summed E-state index contributed by atoms with van der Waals surface area (Å²) in [5.74, 6) is 0.415. The fraction of sp³-hybridized carbons (Fsp3) is 0.500. The number of fused-ring (bicyclic) bond motifs is 1. The molecule has 2 heterocycles. The van der Waals surface area contributed by atoms with Gasteiger partial charge in [-0.3, -0.25) is 0 Å². The van der Waals surface area contributed by atoms with E-state index < -0.39 is 8.46 Å². The summed E-state index contributed by atoms with van der Waals surface area (Å²) >= 11 is 0. The van der Waals surface area contributed by atoms with E-state index in [4.69, 9.17) is 5.73 Å². The second-order valence-corrected chi connectivity index (χ2v) is 5.66. The molecule has 3 unspecified atom stereocenters. The molecule has 0 spiro atoms. The molecule has 1 fully saturated rings. The molecule has 0 radical (unpaired) electrons. The van der Waals surface area contributed by atoms with E-state index in [1.807, 2.05) is 4.57 Å². The van der Waals surface area contributed by atoms with Crippen LogP contribution in [0.3, 0.4) is 0 Å². The highest BCUT2D eigenvalue weighted by Gasteiger charge is 2.26. The van der Waals surface area contributed by atoms with Crippen LogP contribution in [0.15, 0.2) is 12.7 Å². The van der Waals surface area contributed by atoms with Crippen molar-refractivity contribution in [2.24, 2.45) is 0 Å². The van der Waals surface area contributed by atoms with Crippen LogP contribution in [0.25, 0.3) is 11.2 Å². The molecular formula is C10H14N5OP. The Morgan fingerprint density at radius 3 is 3.00 bits per heavy atom. The molecule has 0 amide bonds. The molecule has 0 aromatic carbocycles. The Kier molecular flexibility index (Phi) is 2.59. The molecule has 1 aliphatic rings. The molecule has 3 rings (SSSR count). The lowest BCUT2D eigenvalue weighted by molar-refractivity contribution is 0.527. The van der Waals surface area contributed by atoms with Gasteiger partial charge in [0.1, 0.15) is 11.8 Å². The number of aromatic nitrogens is 4. The van der Waals surface area contributed by atoms with Gasteiger partial charge in [0.05, 0.1) is 14.8 Å². The lowest BCUT2D eigenvalue weighted by atomic mass is 10.2. The number of nitrogens with two attached hydrogens (primary N) is 1. The average molecular weight is 251 g/mol. The molecule has 90 valence electrons. The van der Waals surface area contributed by atoms with Gasteiger partial charge < -0.3 is 14.9 Å². The van der Waals surface area contributed by atoms with E-state index in [1.165, 1.54) is 6.33 Å². The predicted octanol–water partition coefficient (Wildman–Crippen LogP) is 1.26. The fourth-order valence-electron chi connectivity index (χ4n) is 2.51. The Hall–Kier alpha value is -1.42. The van der Waals surface area contributed by atoms with E-state index >= 15 is 0 Å². The van der Waals surface area contributed by atoms with Crippen molar-refractivity contribution in [2.45, 2.75) is 31.0 Å². The third-order valence-electron chi connectivity index (χ3n) is 3.42. The quantitative estimate of drug-likeness (QED) is 0.812.